The fraction of sp³-hybridized carbons (Fsp3) is 0.459. The second kappa shape index (κ2) is 10.1. The van der Waals surface area contributed by atoms with E-state index in [2.05, 4.69) is 15.7 Å². The van der Waals surface area contributed by atoms with Gasteiger partial charge in [-0.25, -0.2) is 18.6 Å². The zero-order chi connectivity index (χ0) is 33.3. The summed E-state index contributed by atoms with van der Waals surface area (Å²) in [6.45, 7) is 4.79. The number of anilines is 1. The fourth-order valence-corrected chi connectivity index (χ4v) is 10.2. The minimum atomic E-state index is -0.966. The number of aromatic nitrogens is 3. The largest absolute Gasteiger partial charge is 0.472 e. The summed E-state index contributed by atoms with van der Waals surface area (Å²) >= 11 is 0. The Balaban J connectivity index is 1.18. The number of hydrogen-bond donors (Lipinski definition) is 1. The van der Waals surface area contributed by atoms with Crippen molar-refractivity contribution in [2.45, 2.75) is 68.8 Å². The van der Waals surface area contributed by atoms with Gasteiger partial charge in [-0.1, -0.05) is 30.2 Å². The molecule has 2 aromatic heterocycles. The maximum Gasteiger partial charge on any atom is 0.407 e. The minimum Gasteiger partial charge on any atom is -0.472 e. The molecule has 2 aromatic carbocycles. The Morgan fingerprint density at radius 2 is 2.04 bits per heavy atom. The first-order valence-corrected chi connectivity index (χ1v) is 17.2. The molecule has 5 unspecified atom stereocenters. The highest BCUT2D eigenvalue weighted by Crippen LogP contribution is 2.59. The second-order valence-electron chi connectivity index (χ2n) is 14.6. The number of rotatable bonds is 4. The number of nitrogens with zero attached hydrogens (tertiary/aromatic N) is 6. The highest BCUT2D eigenvalue weighted by atomic mass is 19.1. The lowest BCUT2D eigenvalue weighted by molar-refractivity contribution is 0.0704. The SMILES string of the molecule is C#Cc1c(F)ccc2cccc(-c3nc4c5c(nc(OCC67CCCN6C[C@H]6C[C@H]67)nc5c3F)N3CC5CCC(C3C(C)O4)N5C(=O)O)c12. The summed E-state index contributed by atoms with van der Waals surface area (Å²) in [5.74, 6) is 2.98. The van der Waals surface area contributed by atoms with Crippen molar-refractivity contribution in [1.82, 2.24) is 24.8 Å². The summed E-state index contributed by atoms with van der Waals surface area (Å²) in [7, 11) is 0. The first-order chi connectivity index (χ1) is 23.8. The van der Waals surface area contributed by atoms with Gasteiger partial charge in [0.25, 0.3) is 0 Å². The van der Waals surface area contributed by atoms with Crippen LogP contribution in [0.15, 0.2) is 30.3 Å². The van der Waals surface area contributed by atoms with Crippen molar-refractivity contribution in [3.05, 3.63) is 47.5 Å². The predicted molar refractivity (Wildman–Crippen MR) is 177 cm³/mol. The van der Waals surface area contributed by atoms with E-state index in [-0.39, 0.29) is 46.3 Å². The van der Waals surface area contributed by atoms with E-state index in [0.717, 1.165) is 25.9 Å². The van der Waals surface area contributed by atoms with Gasteiger partial charge in [-0.3, -0.25) is 9.80 Å². The van der Waals surface area contributed by atoms with Crippen molar-refractivity contribution in [2.75, 3.05) is 31.1 Å². The molecular weight excluding hydrogens is 630 g/mol. The minimum absolute atomic E-state index is 0.0131. The Morgan fingerprint density at radius 1 is 1.16 bits per heavy atom. The number of amides is 1. The van der Waals surface area contributed by atoms with Gasteiger partial charge in [-0.05, 0) is 68.9 Å². The van der Waals surface area contributed by atoms with Crippen LogP contribution in [0.5, 0.6) is 11.9 Å². The van der Waals surface area contributed by atoms with Gasteiger partial charge in [0.05, 0.1) is 29.2 Å². The van der Waals surface area contributed by atoms with E-state index < -0.39 is 29.9 Å². The molecule has 4 aromatic rings. The highest BCUT2D eigenvalue weighted by molar-refractivity contribution is 6.03. The summed E-state index contributed by atoms with van der Waals surface area (Å²) in [6, 6.07) is 7.16. The molecule has 10 rings (SSSR count). The number of carboxylic acid groups (broad SMARTS) is 1. The van der Waals surface area contributed by atoms with Crippen LogP contribution in [0.2, 0.25) is 0 Å². The van der Waals surface area contributed by atoms with Gasteiger partial charge >= 0.3 is 12.1 Å². The molecule has 1 amide bonds. The van der Waals surface area contributed by atoms with Crippen LogP contribution >= 0.6 is 0 Å². The number of terminal acetylenes is 1. The number of carbonyl (C=O) groups is 1. The number of ether oxygens (including phenoxy) is 2. The number of pyridine rings is 1. The van der Waals surface area contributed by atoms with Crippen LogP contribution in [0.1, 0.15) is 44.6 Å². The molecule has 5 fully saturated rings. The van der Waals surface area contributed by atoms with E-state index >= 15 is 8.78 Å². The van der Waals surface area contributed by atoms with E-state index in [1.54, 1.807) is 24.3 Å². The Bertz CT molecular complexity index is 2160. The van der Waals surface area contributed by atoms with Gasteiger partial charge in [0.1, 0.15) is 40.9 Å². The van der Waals surface area contributed by atoms with Crippen LogP contribution < -0.4 is 14.4 Å². The highest BCUT2D eigenvalue weighted by Gasteiger charge is 2.64. The Labute approximate surface area is 281 Å². The monoisotopic (exact) mass is 664 g/mol. The average molecular weight is 665 g/mol. The third-order valence-corrected chi connectivity index (χ3v) is 12.3. The molecule has 5 aliphatic heterocycles. The van der Waals surface area contributed by atoms with Gasteiger partial charge in [0.15, 0.2) is 5.82 Å². The molecule has 1 N–H and O–H groups in total. The number of piperidine rings is 1. The molecule has 1 aliphatic carbocycles. The zero-order valence-corrected chi connectivity index (χ0v) is 26.9. The lowest BCUT2D eigenvalue weighted by Crippen LogP contribution is -2.64. The summed E-state index contributed by atoms with van der Waals surface area (Å²) in [4.78, 5) is 33.0. The quantitative estimate of drug-likeness (QED) is 0.286. The summed E-state index contributed by atoms with van der Waals surface area (Å²) in [5, 5.41) is 11.5. The van der Waals surface area contributed by atoms with Gasteiger partial charge in [0.2, 0.25) is 5.88 Å². The summed E-state index contributed by atoms with van der Waals surface area (Å²) < 4.78 is 45.3. The molecule has 7 atom stereocenters. The van der Waals surface area contributed by atoms with Crippen LogP contribution in [0.4, 0.5) is 19.4 Å². The van der Waals surface area contributed by atoms with Crippen LogP contribution in [0.25, 0.3) is 32.9 Å². The molecular formula is C37H34F2N6O4. The van der Waals surface area contributed by atoms with E-state index in [4.69, 9.17) is 30.8 Å². The number of halogens is 2. The van der Waals surface area contributed by atoms with Gasteiger partial charge in [-0.15, -0.1) is 6.42 Å². The second-order valence-corrected chi connectivity index (χ2v) is 14.6. The topological polar surface area (TPSA) is 104 Å². The molecule has 6 aliphatic rings. The zero-order valence-electron chi connectivity index (χ0n) is 26.9. The standard InChI is InChI=1S/C37H34F2N6O4/c1-3-22-25(38)10-8-19-6-4-7-23(27(19)22)30-29(39)31-28-33(42-35(41-31)48-17-37-12-5-13-43(37)15-20-14-24(20)37)44-16-21-9-11-26(45(21)36(46)47)32(44)18(2)49-34(28)40-30/h1,4,6-8,10,18,20-21,24,26,32H,5,9,11-17H2,2H3,(H,46,47)/t18?,20-,21?,24-,26?,32?,37?/m1/s1. The molecule has 0 spiro atoms. The lowest BCUT2D eigenvalue weighted by Gasteiger charge is -2.47. The molecule has 2 bridgehead atoms. The van der Waals surface area contributed by atoms with Crippen molar-refractivity contribution >= 4 is 33.6 Å². The lowest BCUT2D eigenvalue weighted by atomic mass is 9.92. The van der Waals surface area contributed by atoms with E-state index in [9.17, 15) is 9.90 Å². The van der Waals surface area contributed by atoms with Crippen LogP contribution in [0.3, 0.4) is 0 Å². The number of fused-ring (bicyclic) bond motifs is 9. The number of piperazine rings is 1. The average Bonchev–Trinajstić information content (AvgIpc) is 3.53. The Kier molecular flexibility index (Phi) is 6.04. The van der Waals surface area contributed by atoms with Crippen LogP contribution in [-0.2, 0) is 0 Å². The molecule has 7 heterocycles. The Hall–Kier alpha value is -4.76. The van der Waals surface area contributed by atoms with Crippen molar-refractivity contribution in [3.63, 3.8) is 0 Å². The summed E-state index contributed by atoms with van der Waals surface area (Å²) in [6.07, 6.45) is 9.02. The van der Waals surface area contributed by atoms with Gasteiger partial charge in [0, 0.05) is 24.0 Å². The predicted octanol–water partition coefficient (Wildman–Crippen LogP) is 5.45. The number of benzene rings is 2. The van der Waals surface area contributed by atoms with Crippen LogP contribution in [0, 0.1) is 35.8 Å². The molecule has 4 saturated heterocycles. The number of hydrogen-bond acceptors (Lipinski definition) is 8. The molecule has 49 heavy (non-hydrogen) atoms. The third kappa shape index (κ3) is 3.96. The normalized spacial score (nSPS) is 30.8. The smallest absolute Gasteiger partial charge is 0.407 e. The van der Waals surface area contributed by atoms with E-state index in [0.29, 0.717) is 65.4 Å². The maximum atomic E-state index is 17.2. The molecule has 0 radical (unpaired) electrons. The first kappa shape index (κ1) is 29.2. The van der Waals surface area contributed by atoms with Crippen molar-refractivity contribution in [2.24, 2.45) is 11.8 Å². The van der Waals surface area contributed by atoms with Gasteiger partial charge in [-0.2, -0.15) is 9.97 Å². The van der Waals surface area contributed by atoms with Crippen LogP contribution in [-0.4, -0.2) is 92.0 Å². The van der Waals surface area contributed by atoms with Crippen molar-refractivity contribution in [1.29, 1.82) is 0 Å². The van der Waals surface area contributed by atoms with E-state index in [1.807, 2.05) is 6.92 Å². The molecule has 250 valence electrons. The molecule has 1 saturated carbocycles. The van der Waals surface area contributed by atoms with E-state index in [1.165, 1.54) is 17.4 Å². The third-order valence-electron chi connectivity index (χ3n) is 12.3. The van der Waals surface area contributed by atoms with Crippen molar-refractivity contribution in [3.8, 4) is 35.5 Å². The Morgan fingerprint density at radius 3 is 2.88 bits per heavy atom. The van der Waals surface area contributed by atoms with Crippen molar-refractivity contribution < 1.29 is 28.2 Å². The first-order valence-electron chi connectivity index (χ1n) is 17.2. The van der Waals surface area contributed by atoms with Gasteiger partial charge < -0.3 is 19.5 Å². The fourth-order valence-electron chi connectivity index (χ4n) is 10.2. The maximum absolute atomic E-state index is 17.2. The molecule has 12 heteroatoms. The molecule has 10 nitrogen and oxygen atoms in total. The summed E-state index contributed by atoms with van der Waals surface area (Å²) in [5.41, 5.74) is 0.162.